The van der Waals surface area contributed by atoms with E-state index in [4.69, 9.17) is 20.9 Å². The number of esters is 2. The monoisotopic (exact) mass is 638 g/mol. The van der Waals surface area contributed by atoms with Crippen molar-refractivity contribution >= 4 is 35.6 Å². The number of piperazine rings is 1. The second-order valence-electron chi connectivity index (χ2n) is 10.9. The molecule has 248 valence electrons. The highest BCUT2D eigenvalue weighted by atomic mass is 16.5. The number of methoxy groups -OCH3 is 2. The first kappa shape index (κ1) is 35.7. The molecule has 3 rings (SSSR count). The molecule has 0 radical (unpaired) electrons. The van der Waals surface area contributed by atoms with Crippen LogP contribution >= 0.6 is 0 Å². The van der Waals surface area contributed by atoms with Crippen molar-refractivity contribution in [2.75, 3.05) is 14.2 Å². The van der Waals surface area contributed by atoms with Gasteiger partial charge in [0.1, 0.15) is 24.2 Å². The minimum atomic E-state index is -0.978. The summed E-state index contributed by atoms with van der Waals surface area (Å²) in [5.41, 5.74) is 14.7. The molecule has 14 heteroatoms. The van der Waals surface area contributed by atoms with Crippen LogP contribution in [0.1, 0.15) is 47.9 Å². The summed E-state index contributed by atoms with van der Waals surface area (Å²) in [6, 6.07) is 10.7. The average molecular weight is 639 g/mol. The molecule has 2 aromatic carbocycles. The molecular weight excluding hydrogens is 596 g/mol. The Morgan fingerprint density at radius 3 is 1.41 bits per heavy atom. The average Bonchev–Trinajstić information content (AvgIpc) is 3.06. The SMILES string of the molecule is COC(=O)C(Cc1cccc(CN)c1)NC(=O)CC[C@@H]1NC(=O)[C@@H](CCC(=O)NC(Cc2cccc(CN)c2)C(=O)OC)NC1=O. The van der Waals surface area contributed by atoms with Crippen LogP contribution in [-0.2, 0) is 64.2 Å². The summed E-state index contributed by atoms with van der Waals surface area (Å²) >= 11 is 0. The summed E-state index contributed by atoms with van der Waals surface area (Å²) in [6.45, 7) is 0.654. The van der Waals surface area contributed by atoms with Gasteiger partial charge in [0.2, 0.25) is 23.6 Å². The Morgan fingerprint density at radius 1 is 0.696 bits per heavy atom. The number of rotatable bonds is 16. The van der Waals surface area contributed by atoms with E-state index in [2.05, 4.69) is 21.3 Å². The van der Waals surface area contributed by atoms with E-state index in [1.54, 1.807) is 12.1 Å². The van der Waals surface area contributed by atoms with Crippen molar-refractivity contribution in [1.82, 2.24) is 21.3 Å². The maximum Gasteiger partial charge on any atom is 0.328 e. The summed E-state index contributed by atoms with van der Waals surface area (Å²) in [7, 11) is 2.44. The molecule has 0 aromatic heterocycles. The van der Waals surface area contributed by atoms with E-state index in [0.717, 1.165) is 22.3 Å². The molecule has 2 unspecified atom stereocenters. The molecule has 1 aliphatic heterocycles. The Kier molecular flexibility index (Phi) is 13.7. The van der Waals surface area contributed by atoms with Crippen LogP contribution in [0.5, 0.6) is 0 Å². The summed E-state index contributed by atoms with van der Waals surface area (Å²) < 4.78 is 9.68. The van der Waals surface area contributed by atoms with Crippen molar-refractivity contribution in [1.29, 1.82) is 0 Å². The van der Waals surface area contributed by atoms with E-state index in [1.165, 1.54) is 14.2 Å². The first-order valence-corrected chi connectivity index (χ1v) is 15.0. The van der Waals surface area contributed by atoms with Crippen LogP contribution in [-0.4, -0.2) is 74.0 Å². The first-order chi connectivity index (χ1) is 22.1. The van der Waals surface area contributed by atoms with Crippen LogP contribution in [0.25, 0.3) is 0 Å². The van der Waals surface area contributed by atoms with Crippen LogP contribution < -0.4 is 32.7 Å². The van der Waals surface area contributed by atoms with Gasteiger partial charge in [0, 0.05) is 38.8 Å². The van der Waals surface area contributed by atoms with Crippen LogP contribution in [0.15, 0.2) is 48.5 Å². The molecule has 8 N–H and O–H groups in total. The normalized spacial score (nSPS) is 17.1. The molecule has 1 fully saturated rings. The number of amides is 4. The van der Waals surface area contributed by atoms with Crippen molar-refractivity contribution in [3.8, 4) is 0 Å². The van der Waals surface area contributed by atoms with E-state index in [9.17, 15) is 28.8 Å². The summed E-state index contributed by atoms with van der Waals surface area (Å²) in [6.07, 6.45) is 0.0441. The standard InChI is InChI=1S/C32H42N6O8/c1-45-31(43)25(15-19-5-3-7-21(13-19)17-33)35-27(39)11-9-23-29(41)38-24(30(42)37-23)10-12-28(40)36-26(32(44)46-2)16-20-6-4-8-22(14-20)18-34/h3-8,13-14,23-26H,9-12,15-18,33-34H2,1-2H3,(H,35,39)(H,36,40)(H,37,42)(H,38,41)/t23-,24+,25?,26?. The van der Waals surface area contributed by atoms with E-state index in [0.29, 0.717) is 13.1 Å². The number of nitrogens with one attached hydrogen (secondary N) is 4. The second-order valence-corrected chi connectivity index (χ2v) is 10.9. The minimum Gasteiger partial charge on any atom is -0.467 e. The van der Waals surface area contributed by atoms with E-state index < -0.39 is 59.7 Å². The van der Waals surface area contributed by atoms with E-state index in [1.807, 2.05) is 36.4 Å². The fourth-order valence-electron chi connectivity index (χ4n) is 5.08. The Labute approximate surface area is 267 Å². The third-order valence-corrected chi connectivity index (χ3v) is 7.56. The van der Waals surface area contributed by atoms with Crippen molar-refractivity contribution in [3.63, 3.8) is 0 Å². The molecule has 0 saturated carbocycles. The van der Waals surface area contributed by atoms with Gasteiger partial charge in [-0.05, 0) is 35.1 Å². The van der Waals surface area contributed by atoms with Crippen molar-refractivity contribution in [3.05, 3.63) is 70.8 Å². The Hall–Kier alpha value is -4.82. The minimum absolute atomic E-state index is 0.0146. The van der Waals surface area contributed by atoms with Gasteiger partial charge in [-0.2, -0.15) is 0 Å². The highest BCUT2D eigenvalue weighted by Gasteiger charge is 2.34. The molecule has 4 atom stereocenters. The van der Waals surface area contributed by atoms with Crippen LogP contribution in [0, 0.1) is 0 Å². The zero-order valence-electron chi connectivity index (χ0n) is 26.0. The van der Waals surface area contributed by atoms with Gasteiger partial charge in [0.05, 0.1) is 14.2 Å². The van der Waals surface area contributed by atoms with Crippen LogP contribution in [0.4, 0.5) is 0 Å². The zero-order chi connectivity index (χ0) is 33.6. The van der Waals surface area contributed by atoms with Crippen LogP contribution in [0.3, 0.4) is 0 Å². The van der Waals surface area contributed by atoms with Gasteiger partial charge in [-0.25, -0.2) is 9.59 Å². The molecule has 2 aromatic rings. The summed E-state index contributed by atoms with van der Waals surface area (Å²) in [5.74, 6) is -3.26. The lowest BCUT2D eigenvalue weighted by atomic mass is 10.0. The quantitative estimate of drug-likeness (QED) is 0.126. The lowest BCUT2D eigenvalue weighted by Crippen LogP contribution is -2.61. The highest BCUT2D eigenvalue weighted by Crippen LogP contribution is 2.12. The molecule has 46 heavy (non-hydrogen) atoms. The lowest BCUT2D eigenvalue weighted by Gasteiger charge is -2.29. The zero-order valence-corrected chi connectivity index (χ0v) is 26.0. The van der Waals surface area contributed by atoms with Gasteiger partial charge in [-0.15, -0.1) is 0 Å². The fourth-order valence-corrected chi connectivity index (χ4v) is 5.08. The highest BCUT2D eigenvalue weighted by molar-refractivity contribution is 5.97. The number of carbonyl (C=O) groups is 6. The number of hydrogen-bond donors (Lipinski definition) is 6. The van der Waals surface area contributed by atoms with Crippen LogP contribution in [0.2, 0.25) is 0 Å². The number of benzene rings is 2. The number of hydrogen-bond acceptors (Lipinski definition) is 10. The van der Waals surface area contributed by atoms with Crippen molar-refractivity contribution in [2.24, 2.45) is 11.5 Å². The maximum atomic E-state index is 12.7. The number of carbonyl (C=O) groups excluding carboxylic acids is 6. The van der Waals surface area contributed by atoms with E-state index in [-0.39, 0.29) is 38.5 Å². The summed E-state index contributed by atoms with van der Waals surface area (Å²) in [5, 5.41) is 10.5. The molecule has 4 amide bonds. The van der Waals surface area contributed by atoms with Gasteiger partial charge in [-0.3, -0.25) is 19.2 Å². The Bertz CT molecular complexity index is 1310. The molecule has 0 bridgehead atoms. The molecule has 1 heterocycles. The molecule has 1 saturated heterocycles. The topological polar surface area (TPSA) is 221 Å². The second kappa shape index (κ2) is 17.6. The predicted molar refractivity (Wildman–Crippen MR) is 166 cm³/mol. The third-order valence-electron chi connectivity index (χ3n) is 7.56. The molecule has 14 nitrogen and oxygen atoms in total. The number of nitrogens with two attached hydrogens (primary N) is 2. The Morgan fingerprint density at radius 2 is 1.07 bits per heavy atom. The van der Waals surface area contributed by atoms with Crippen molar-refractivity contribution < 1.29 is 38.2 Å². The Balaban J connectivity index is 1.48. The van der Waals surface area contributed by atoms with Gasteiger partial charge >= 0.3 is 11.9 Å². The molecule has 1 aliphatic rings. The fraction of sp³-hybridized carbons (Fsp3) is 0.438. The first-order valence-electron chi connectivity index (χ1n) is 15.0. The van der Waals surface area contributed by atoms with Gasteiger partial charge in [-0.1, -0.05) is 48.5 Å². The largest absolute Gasteiger partial charge is 0.467 e. The summed E-state index contributed by atoms with van der Waals surface area (Å²) in [4.78, 5) is 75.5. The smallest absolute Gasteiger partial charge is 0.328 e. The molecule has 0 spiro atoms. The van der Waals surface area contributed by atoms with E-state index >= 15 is 0 Å². The molecular formula is C32H42N6O8. The van der Waals surface area contributed by atoms with Gasteiger partial charge in [0.15, 0.2) is 0 Å². The predicted octanol–water partition coefficient (Wildman–Crippen LogP) is -0.752. The van der Waals surface area contributed by atoms with Gasteiger partial charge in [0.25, 0.3) is 0 Å². The number of ether oxygens (including phenoxy) is 2. The van der Waals surface area contributed by atoms with Crippen molar-refractivity contribution in [2.45, 2.75) is 75.8 Å². The maximum absolute atomic E-state index is 12.7. The van der Waals surface area contributed by atoms with Gasteiger partial charge < -0.3 is 42.2 Å². The lowest BCUT2D eigenvalue weighted by molar-refractivity contribution is -0.145. The third kappa shape index (κ3) is 10.7. The molecule has 0 aliphatic carbocycles.